The van der Waals surface area contributed by atoms with Crippen molar-refractivity contribution in [1.29, 1.82) is 0 Å². The van der Waals surface area contributed by atoms with E-state index in [0.717, 1.165) is 29.6 Å². The number of hydrogen-bond donors (Lipinski definition) is 2. The summed E-state index contributed by atoms with van der Waals surface area (Å²) in [7, 11) is 2.21. The Labute approximate surface area is 329 Å². The third-order valence-corrected chi connectivity index (χ3v) is 13.7. The van der Waals surface area contributed by atoms with Crippen LogP contribution in [0.4, 0.5) is 0 Å². The highest BCUT2D eigenvalue weighted by atomic mass is 15.1. The van der Waals surface area contributed by atoms with Crippen LogP contribution in [0.3, 0.4) is 0 Å². The molecular weight excluding hydrogens is 635 g/mol. The Kier molecular flexibility index (Phi) is 21.6. The molecule has 0 amide bonds. The van der Waals surface area contributed by atoms with Crippen molar-refractivity contribution in [2.45, 2.75) is 163 Å². The summed E-state index contributed by atoms with van der Waals surface area (Å²) in [6.45, 7) is 55.0. The summed E-state index contributed by atoms with van der Waals surface area (Å²) < 4.78 is 0. The van der Waals surface area contributed by atoms with E-state index < -0.39 is 0 Å². The largest absolute Gasteiger partial charge is 0.317 e. The lowest BCUT2D eigenvalue weighted by molar-refractivity contribution is 0.116. The van der Waals surface area contributed by atoms with E-state index in [9.17, 15) is 0 Å². The molecule has 5 saturated heterocycles. The fourth-order valence-electron chi connectivity index (χ4n) is 8.67. The van der Waals surface area contributed by atoms with Gasteiger partial charge in [0, 0.05) is 13.1 Å². The van der Waals surface area contributed by atoms with E-state index in [1.54, 1.807) is 0 Å². The van der Waals surface area contributed by atoms with Crippen molar-refractivity contribution >= 4 is 0 Å². The quantitative estimate of drug-likeness (QED) is 0.295. The Balaban J connectivity index is 0.000000326. The second kappa shape index (κ2) is 22.5. The Morgan fingerprint density at radius 1 is 0.404 bits per heavy atom. The van der Waals surface area contributed by atoms with Crippen molar-refractivity contribution in [1.82, 2.24) is 25.3 Å². The van der Waals surface area contributed by atoms with E-state index in [1.165, 1.54) is 123 Å². The molecule has 0 aromatic heterocycles. The first kappa shape index (κ1) is 49.8. The van der Waals surface area contributed by atoms with Crippen LogP contribution >= 0.6 is 0 Å². The molecule has 5 rings (SSSR count). The molecule has 5 heteroatoms. The fraction of sp³-hybridized carbons (Fsp3) is 1.00. The molecule has 0 radical (unpaired) electrons. The number of hydrogen-bond acceptors (Lipinski definition) is 5. The zero-order valence-electron chi connectivity index (χ0n) is 39.2. The van der Waals surface area contributed by atoms with E-state index in [0.29, 0.717) is 27.1 Å². The summed E-state index contributed by atoms with van der Waals surface area (Å²) in [5.74, 6) is 4.62. The number of nitrogens with zero attached hydrogens (tertiary/aromatic N) is 3. The first-order valence-electron chi connectivity index (χ1n) is 22.3. The molecule has 5 heterocycles. The summed E-state index contributed by atoms with van der Waals surface area (Å²) in [6, 6.07) is 0. The Morgan fingerprint density at radius 2 is 0.750 bits per heavy atom. The van der Waals surface area contributed by atoms with Crippen LogP contribution in [-0.4, -0.2) is 100 Å². The minimum Gasteiger partial charge on any atom is -0.317 e. The van der Waals surface area contributed by atoms with Crippen LogP contribution in [0, 0.1) is 56.7 Å². The van der Waals surface area contributed by atoms with Crippen LogP contribution in [0.15, 0.2) is 0 Å². The molecule has 0 spiro atoms. The highest BCUT2D eigenvalue weighted by Gasteiger charge is 2.32. The topological polar surface area (TPSA) is 33.8 Å². The second-order valence-electron chi connectivity index (χ2n) is 22.9. The van der Waals surface area contributed by atoms with Crippen molar-refractivity contribution in [2.24, 2.45) is 56.7 Å². The van der Waals surface area contributed by atoms with E-state index >= 15 is 0 Å². The zero-order chi connectivity index (χ0) is 40.0. The van der Waals surface area contributed by atoms with Gasteiger partial charge in [-0.1, -0.05) is 118 Å². The summed E-state index contributed by atoms with van der Waals surface area (Å²) in [5, 5.41) is 6.77. The maximum atomic E-state index is 3.39. The van der Waals surface area contributed by atoms with Crippen molar-refractivity contribution in [3.8, 4) is 0 Å². The van der Waals surface area contributed by atoms with E-state index in [1.807, 2.05) is 0 Å². The molecular formula is C47H99N5. The number of rotatable bonds is 2. The van der Waals surface area contributed by atoms with Gasteiger partial charge in [0.15, 0.2) is 0 Å². The SMILES string of the molecule is CC(C)(C)C1CCNC1.CC(C)(C)C1CCNCC1.CCN1CCC(C(C)(C)C)C1.CCN1CCC(C(C)(C)C)CC1.CN1CCC(C(C)(C)C)C1. The summed E-state index contributed by atoms with van der Waals surface area (Å²) in [5.41, 5.74) is 2.61. The van der Waals surface area contributed by atoms with Gasteiger partial charge in [-0.05, 0) is 174 Å². The lowest BCUT2D eigenvalue weighted by Gasteiger charge is -2.38. The molecule has 0 aliphatic carbocycles. The lowest BCUT2D eigenvalue weighted by atomic mass is 9.75. The minimum absolute atomic E-state index is 0.517. The van der Waals surface area contributed by atoms with Gasteiger partial charge in [-0.3, -0.25) is 0 Å². The van der Waals surface area contributed by atoms with Crippen molar-refractivity contribution in [3.05, 3.63) is 0 Å². The van der Waals surface area contributed by atoms with Crippen molar-refractivity contribution < 1.29 is 0 Å². The maximum Gasteiger partial charge on any atom is 0.00150 e. The van der Waals surface area contributed by atoms with Gasteiger partial charge >= 0.3 is 0 Å². The van der Waals surface area contributed by atoms with Crippen LogP contribution in [0.2, 0.25) is 0 Å². The van der Waals surface area contributed by atoms with E-state index in [-0.39, 0.29) is 0 Å². The molecule has 0 aromatic carbocycles. The van der Waals surface area contributed by atoms with Crippen LogP contribution in [-0.2, 0) is 0 Å². The molecule has 5 fully saturated rings. The van der Waals surface area contributed by atoms with E-state index in [2.05, 4.69) is 150 Å². The molecule has 5 nitrogen and oxygen atoms in total. The minimum atomic E-state index is 0.517. The summed E-state index contributed by atoms with van der Waals surface area (Å²) in [4.78, 5) is 7.54. The number of piperidine rings is 2. The molecule has 2 N–H and O–H groups in total. The van der Waals surface area contributed by atoms with Crippen molar-refractivity contribution in [2.75, 3.05) is 85.6 Å². The van der Waals surface area contributed by atoms with Crippen LogP contribution in [0.25, 0.3) is 0 Å². The highest BCUT2D eigenvalue weighted by molar-refractivity contribution is 4.84. The van der Waals surface area contributed by atoms with Gasteiger partial charge in [0.25, 0.3) is 0 Å². The van der Waals surface area contributed by atoms with Gasteiger partial charge in [0.2, 0.25) is 0 Å². The zero-order valence-corrected chi connectivity index (χ0v) is 39.2. The fourth-order valence-corrected chi connectivity index (χ4v) is 8.67. The molecule has 3 unspecified atom stereocenters. The van der Waals surface area contributed by atoms with Gasteiger partial charge in [0.05, 0.1) is 0 Å². The first-order chi connectivity index (χ1) is 23.8. The van der Waals surface area contributed by atoms with Gasteiger partial charge < -0.3 is 25.3 Å². The smallest absolute Gasteiger partial charge is 0.00150 e. The predicted molar refractivity (Wildman–Crippen MR) is 235 cm³/mol. The van der Waals surface area contributed by atoms with Crippen LogP contribution in [0.1, 0.15) is 163 Å². The molecule has 3 atom stereocenters. The Hall–Kier alpha value is -0.200. The molecule has 0 aromatic rings. The third kappa shape index (κ3) is 20.1. The van der Waals surface area contributed by atoms with Crippen LogP contribution < -0.4 is 10.6 Å². The van der Waals surface area contributed by atoms with Gasteiger partial charge in [-0.15, -0.1) is 0 Å². The Morgan fingerprint density at radius 3 is 1.02 bits per heavy atom. The molecule has 5 aliphatic heterocycles. The normalized spacial score (nSPS) is 26.3. The van der Waals surface area contributed by atoms with Crippen molar-refractivity contribution in [3.63, 3.8) is 0 Å². The van der Waals surface area contributed by atoms with E-state index in [4.69, 9.17) is 0 Å². The highest BCUT2D eigenvalue weighted by Crippen LogP contribution is 2.36. The van der Waals surface area contributed by atoms with Gasteiger partial charge in [-0.2, -0.15) is 0 Å². The molecule has 312 valence electrons. The molecule has 5 aliphatic rings. The molecule has 0 saturated carbocycles. The third-order valence-electron chi connectivity index (χ3n) is 13.7. The summed E-state index contributed by atoms with van der Waals surface area (Å²) >= 11 is 0. The van der Waals surface area contributed by atoms with Crippen LogP contribution in [0.5, 0.6) is 0 Å². The predicted octanol–water partition coefficient (Wildman–Crippen LogP) is 10.8. The van der Waals surface area contributed by atoms with Gasteiger partial charge in [-0.25, -0.2) is 0 Å². The number of likely N-dealkylation sites (tertiary alicyclic amines) is 3. The number of nitrogens with one attached hydrogen (secondary N) is 2. The lowest BCUT2D eigenvalue weighted by Crippen LogP contribution is -2.37. The Bertz CT molecular complexity index is 876. The maximum absolute atomic E-state index is 3.39. The standard InChI is InChI=1S/C11H23N.C10H21N.2C9H19N.C8H17N/c1-5-12-8-6-10(7-9-12)11(2,3)4;1-5-11-7-6-9(8-11)10(2,3)4;1-9(2,3)8-5-6-10(4)7-8;1-9(2,3)8-4-6-10-7-5-8;1-8(2,3)7-4-5-9-6-7/h10H,5-9H2,1-4H3;9H,5-8H2,1-4H3;8H,5-7H2,1-4H3;8,10H,4-7H2,1-3H3;7,9H,4-6H2,1-3H3. The second-order valence-corrected chi connectivity index (χ2v) is 22.9. The molecule has 0 bridgehead atoms. The first-order valence-corrected chi connectivity index (χ1v) is 22.3. The summed E-state index contributed by atoms with van der Waals surface area (Å²) in [6.07, 6.45) is 9.68. The average molecular weight is 734 g/mol. The monoisotopic (exact) mass is 734 g/mol. The van der Waals surface area contributed by atoms with Gasteiger partial charge in [0.1, 0.15) is 0 Å². The molecule has 52 heavy (non-hydrogen) atoms. The average Bonchev–Trinajstić information content (AvgIpc) is 3.84.